The molecule has 5 aromatic carbocycles. The average molecular weight is 671 g/mol. The lowest BCUT2D eigenvalue weighted by Gasteiger charge is -2.17. The van der Waals surface area contributed by atoms with Crippen LogP contribution in [0.3, 0.4) is 0 Å². The number of alkyl halides is 3. The highest BCUT2D eigenvalue weighted by molar-refractivity contribution is 7.91. The quantitative estimate of drug-likeness (QED) is 0.151. The van der Waals surface area contributed by atoms with Gasteiger partial charge in [0.1, 0.15) is 11.5 Å². The number of pyridine rings is 1. The monoisotopic (exact) mass is 670 g/mol. The van der Waals surface area contributed by atoms with Crippen LogP contribution in [0.25, 0.3) is 32.9 Å². The van der Waals surface area contributed by atoms with Crippen molar-refractivity contribution < 1.29 is 36.2 Å². The van der Waals surface area contributed by atoms with Gasteiger partial charge in [0.2, 0.25) is 0 Å². The van der Waals surface area contributed by atoms with Gasteiger partial charge in [0.25, 0.3) is 5.91 Å². The second kappa shape index (κ2) is 13.1. The van der Waals surface area contributed by atoms with Crippen LogP contribution in [0.1, 0.15) is 34.5 Å². The van der Waals surface area contributed by atoms with Gasteiger partial charge in [-0.05, 0) is 83.4 Å². The number of nitrogens with zero attached hydrogens (tertiary/aromatic N) is 1. The zero-order valence-electron chi connectivity index (χ0n) is 25.5. The Labute approximate surface area is 274 Å². The van der Waals surface area contributed by atoms with Gasteiger partial charge in [-0.15, -0.1) is 0 Å². The Balaban J connectivity index is 1.30. The first kappa shape index (κ1) is 32.7. The molecule has 1 heterocycles. The van der Waals surface area contributed by atoms with Crippen molar-refractivity contribution in [3.63, 3.8) is 0 Å². The number of fused-ring (bicyclic) bond motifs is 2. The van der Waals surface area contributed by atoms with Gasteiger partial charge < -0.3 is 15.2 Å². The van der Waals surface area contributed by atoms with Crippen molar-refractivity contribution >= 4 is 37.6 Å². The van der Waals surface area contributed by atoms with Gasteiger partial charge in [0, 0.05) is 22.4 Å². The number of carbonyl (C=O) groups excluding carboxylic acids is 1. The minimum absolute atomic E-state index is 0.0398. The molecule has 6 aromatic rings. The predicted octanol–water partition coefficient (Wildman–Crippen LogP) is 8.12. The van der Waals surface area contributed by atoms with E-state index in [4.69, 9.17) is 9.72 Å². The highest BCUT2D eigenvalue weighted by Crippen LogP contribution is 2.37. The standard InChI is InChI=1S/C37H29F3N2O5S/c1-2-48(45,46)30-17-11-24(12-18-30)35(22-43)42-36(44)25-9-7-23(8-10-25)31-20-29(47-28-15-13-27(14-16-28)37(38,39)40)21-34-32(31)19-26-5-3-4-6-33(26)41-34/h3-21,35,43H,2,22H2,1H3,(H,42,44)/t35-/m0/s1. The van der Waals surface area contributed by atoms with E-state index in [2.05, 4.69) is 5.32 Å². The summed E-state index contributed by atoms with van der Waals surface area (Å²) < 4.78 is 69.5. The molecule has 11 heteroatoms. The summed E-state index contributed by atoms with van der Waals surface area (Å²) in [5.41, 5.74) is 2.93. The van der Waals surface area contributed by atoms with E-state index in [-0.39, 0.29) is 16.4 Å². The third-order valence-electron chi connectivity index (χ3n) is 7.99. The van der Waals surface area contributed by atoms with E-state index in [1.165, 1.54) is 24.3 Å². The first-order valence-corrected chi connectivity index (χ1v) is 16.6. The van der Waals surface area contributed by atoms with Crippen molar-refractivity contribution in [2.75, 3.05) is 12.4 Å². The number of nitrogens with one attached hydrogen (secondary N) is 1. The Hall–Kier alpha value is -5.26. The second-order valence-electron chi connectivity index (χ2n) is 11.1. The average Bonchev–Trinajstić information content (AvgIpc) is 3.09. The molecule has 0 radical (unpaired) electrons. The van der Waals surface area contributed by atoms with Crippen molar-refractivity contribution in [3.8, 4) is 22.6 Å². The molecule has 0 aliphatic carbocycles. The van der Waals surface area contributed by atoms with Gasteiger partial charge in [0.05, 0.1) is 39.9 Å². The number of para-hydroxylation sites is 1. The number of benzene rings is 5. The Morgan fingerprint density at radius 2 is 1.54 bits per heavy atom. The molecule has 0 saturated heterocycles. The summed E-state index contributed by atoms with van der Waals surface area (Å²) in [6.45, 7) is 1.16. The topological polar surface area (TPSA) is 106 Å². The maximum atomic E-state index is 13.2. The zero-order chi connectivity index (χ0) is 34.1. The van der Waals surface area contributed by atoms with Crippen molar-refractivity contribution in [1.29, 1.82) is 0 Å². The van der Waals surface area contributed by atoms with Crippen LogP contribution < -0.4 is 10.1 Å². The fourth-order valence-corrected chi connectivity index (χ4v) is 6.23. The third-order valence-corrected chi connectivity index (χ3v) is 9.74. The van der Waals surface area contributed by atoms with Gasteiger partial charge in [0.15, 0.2) is 9.84 Å². The summed E-state index contributed by atoms with van der Waals surface area (Å²) in [7, 11) is -3.39. The minimum atomic E-state index is -4.47. The van der Waals surface area contributed by atoms with Gasteiger partial charge in [-0.3, -0.25) is 4.79 Å². The lowest BCUT2D eigenvalue weighted by atomic mass is 9.97. The van der Waals surface area contributed by atoms with Crippen LogP contribution >= 0.6 is 0 Å². The molecule has 0 aliphatic heterocycles. The first-order valence-electron chi connectivity index (χ1n) is 15.0. The fourth-order valence-electron chi connectivity index (χ4n) is 5.35. The van der Waals surface area contributed by atoms with Crippen LogP contribution in [0.4, 0.5) is 13.2 Å². The molecule has 1 amide bonds. The van der Waals surface area contributed by atoms with E-state index in [0.29, 0.717) is 22.4 Å². The SMILES string of the molecule is CCS(=O)(=O)c1ccc([C@H](CO)NC(=O)c2ccc(-c3cc(Oc4ccc(C(F)(F)F)cc4)cc4nc5ccccc5cc34)cc2)cc1. The predicted molar refractivity (Wildman–Crippen MR) is 178 cm³/mol. The molecule has 0 aliphatic rings. The number of sulfone groups is 1. The first-order chi connectivity index (χ1) is 22.9. The van der Waals surface area contributed by atoms with Gasteiger partial charge in [-0.1, -0.05) is 49.4 Å². The number of hydrogen-bond donors (Lipinski definition) is 2. The maximum Gasteiger partial charge on any atom is 0.416 e. The Bertz CT molecular complexity index is 2220. The van der Waals surface area contributed by atoms with E-state index in [1.54, 1.807) is 55.5 Å². The molecular weight excluding hydrogens is 641 g/mol. The summed E-state index contributed by atoms with van der Waals surface area (Å²) in [6.07, 6.45) is -4.47. The Morgan fingerprint density at radius 1 is 0.854 bits per heavy atom. The van der Waals surface area contributed by atoms with Crippen molar-refractivity contribution in [3.05, 3.63) is 132 Å². The number of halogens is 3. The molecule has 1 aromatic heterocycles. The summed E-state index contributed by atoms with van der Waals surface area (Å²) >= 11 is 0. The maximum absolute atomic E-state index is 13.2. The van der Waals surface area contributed by atoms with Gasteiger partial charge in [-0.2, -0.15) is 13.2 Å². The van der Waals surface area contributed by atoms with E-state index >= 15 is 0 Å². The minimum Gasteiger partial charge on any atom is -0.457 e. The lowest BCUT2D eigenvalue weighted by molar-refractivity contribution is -0.137. The molecule has 0 spiro atoms. The smallest absolute Gasteiger partial charge is 0.416 e. The molecule has 2 N–H and O–H groups in total. The number of rotatable bonds is 9. The Morgan fingerprint density at radius 3 is 2.19 bits per heavy atom. The molecular formula is C37H29F3N2O5S. The molecule has 0 bridgehead atoms. The molecule has 48 heavy (non-hydrogen) atoms. The van der Waals surface area contributed by atoms with Crippen molar-refractivity contribution in [2.45, 2.75) is 24.0 Å². The molecule has 0 saturated carbocycles. The van der Waals surface area contributed by atoms with E-state index in [0.717, 1.165) is 39.5 Å². The summed E-state index contributed by atoms with van der Waals surface area (Å²) in [5, 5.41) is 14.5. The molecule has 0 fully saturated rings. The summed E-state index contributed by atoms with van der Waals surface area (Å²) in [5.74, 6) is 0.108. The fraction of sp³-hybridized carbons (Fsp3) is 0.135. The van der Waals surface area contributed by atoms with Crippen LogP contribution in [0.2, 0.25) is 0 Å². The van der Waals surface area contributed by atoms with Crippen LogP contribution in [-0.2, 0) is 16.0 Å². The Kier molecular flexibility index (Phi) is 8.91. The number of ether oxygens (including phenoxy) is 1. The van der Waals surface area contributed by atoms with E-state index in [1.807, 2.05) is 30.3 Å². The summed E-state index contributed by atoms with van der Waals surface area (Å²) in [6, 6.07) is 29.6. The number of carbonyl (C=O) groups is 1. The van der Waals surface area contributed by atoms with Crippen molar-refractivity contribution in [1.82, 2.24) is 10.3 Å². The zero-order valence-corrected chi connectivity index (χ0v) is 26.3. The van der Waals surface area contributed by atoms with Crippen LogP contribution in [-0.4, -0.2) is 36.8 Å². The summed E-state index contributed by atoms with van der Waals surface area (Å²) in [4.78, 5) is 18.2. The van der Waals surface area contributed by atoms with Crippen LogP contribution in [0.15, 0.2) is 120 Å². The van der Waals surface area contributed by atoms with E-state index in [9.17, 15) is 31.5 Å². The van der Waals surface area contributed by atoms with Crippen LogP contribution in [0.5, 0.6) is 11.5 Å². The molecule has 7 nitrogen and oxygen atoms in total. The number of aliphatic hydroxyl groups is 1. The van der Waals surface area contributed by atoms with Crippen molar-refractivity contribution in [2.24, 2.45) is 0 Å². The van der Waals surface area contributed by atoms with E-state index < -0.39 is 40.1 Å². The number of aromatic nitrogens is 1. The van der Waals surface area contributed by atoms with Gasteiger partial charge in [-0.25, -0.2) is 13.4 Å². The normalized spacial score (nSPS) is 12.6. The number of aliphatic hydroxyl groups excluding tert-OH is 1. The molecule has 0 unspecified atom stereocenters. The molecule has 6 rings (SSSR count). The highest BCUT2D eigenvalue weighted by atomic mass is 32.2. The van der Waals surface area contributed by atoms with Gasteiger partial charge >= 0.3 is 6.18 Å². The highest BCUT2D eigenvalue weighted by Gasteiger charge is 2.30. The lowest BCUT2D eigenvalue weighted by Crippen LogP contribution is -2.30. The second-order valence-corrected chi connectivity index (χ2v) is 13.4. The molecule has 1 atom stereocenters. The third kappa shape index (κ3) is 6.87. The number of hydrogen-bond acceptors (Lipinski definition) is 6. The largest absolute Gasteiger partial charge is 0.457 e. The van der Waals surface area contributed by atoms with Crippen LogP contribution in [0, 0.1) is 0 Å². The number of amides is 1. The molecule has 244 valence electrons.